The lowest BCUT2D eigenvalue weighted by molar-refractivity contribution is -0.138. The second-order valence-electron chi connectivity index (χ2n) is 4.77. The van der Waals surface area contributed by atoms with Gasteiger partial charge in [-0.05, 0) is 36.8 Å². The summed E-state index contributed by atoms with van der Waals surface area (Å²) in [5.41, 5.74) is 0.598. The molecule has 0 fully saturated rings. The molecule has 0 saturated carbocycles. The van der Waals surface area contributed by atoms with Crippen molar-refractivity contribution in [3.05, 3.63) is 54.1 Å². The highest BCUT2D eigenvalue weighted by atomic mass is 32.2. The molecule has 0 spiro atoms. The highest BCUT2D eigenvalue weighted by molar-refractivity contribution is 7.99. The Kier molecular flexibility index (Phi) is 5.22. The third-order valence-electron chi connectivity index (χ3n) is 3.06. The molecule has 2 aromatic rings. The number of esters is 1. The third kappa shape index (κ3) is 4.11. The van der Waals surface area contributed by atoms with Gasteiger partial charge in [-0.15, -0.1) is 0 Å². The summed E-state index contributed by atoms with van der Waals surface area (Å²) in [6.45, 7) is 2.92. The zero-order chi connectivity index (χ0) is 16.1. The summed E-state index contributed by atoms with van der Waals surface area (Å²) in [7, 11) is 0. The van der Waals surface area contributed by atoms with E-state index in [9.17, 15) is 9.59 Å². The number of carbonyl (C=O) groups is 2. The lowest BCUT2D eigenvalue weighted by Crippen LogP contribution is -2.09. The van der Waals surface area contributed by atoms with Gasteiger partial charge in [-0.2, -0.15) is 0 Å². The molecule has 5 heteroatoms. The lowest BCUT2D eigenvalue weighted by Gasteiger charge is -2.13. The molecule has 0 amide bonds. The SMILES string of the molecule is CC(=O)Oc1cc(C(C)C(=O)O)ccc1Sc1ccccc1. The van der Waals surface area contributed by atoms with E-state index in [-0.39, 0.29) is 0 Å². The van der Waals surface area contributed by atoms with Gasteiger partial charge >= 0.3 is 11.9 Å². The Morgan fingerprint density at radius 2 is 1.82 bits per heavy atom. The second kappa shape index (κ2) is 7.13. The molecule has 0 aliphatic heterocycles. The molecule has 1 atom stereocenters. The Morgan fingerprint density at radius 1 is 1.14 bits per heavy atom. The van der Waals surface area contributed by atoms with Crippen LogP contribution in [-0.4, -0.2) is 17.0 Å². The fraction of sp³-hybridized carbons (Fsp3) is 0.176. The van der Waals surface area contributed by atoms with Gasteiger partial charge in [-0.3, -0.25) is 9.59 Å². The van der Waals surface area contributed by atoms with Gasteiger partial charge in [-0.1, -0.05) is 36.0 Å². The quantitative estimate of drug-likeness (QED) is 0.668. The van der Waals surface area contributed by atoms with Crippen molar-refractivity contribution in [2.45, 2.75) is 29.6 Å². The molecule has 0 radical (unpaired) electrons. The maximum Gasteiger partial charge on any atom is 0.310 e. The number of ether oxygens (including phenoxy) is 1. The lowest BCUT2D eigenvalue weighted by atomic mass is 10.0. The zero-order valence-corrected chi connectivity index (χ0v) is 13.1. The zero-order valence-electron chi connectivity index (χ0n) is 12.3. The fourth-order valence-corrected chi connectivity index (χ4v) is 2.76. The summed E-state index contributed by atoms with van der Waals surface area (Å²) in [6.07, 6.45) is 0. The first-order chi connectivity index (χ1) is 10.5. The van der Waals surface area contributed by atoms with E-state index in [1.807, 2.05) is 30.3 Å². The Morgan fingerprint density at radius 3 is 2.41 bits per heavy atom. The molecule has 0 aromatic heterocycles. The topological polar surface area (TPSA) is 63.6 Å². The predicted molar refractivity (Wildman–Crippen MR) is 84.4 cm³/mol. The van der Waals surface area contributed by atoms with E-state index in [1.54, 1.807) is 25.1 Å². The Bertz CT molecular complexity index is 682. The van der Waals surface area contributed by atoms with Gasteiger partial charge in [0.2, 0.25) is 0 Å². The molecule has 1 N–H and O–H groups in total. The standard InChI is InChI=1S/C17H16O4S/c1-11(17(19)20)13-8-9-16(15(10-13)21-12(2)18)22-14-6-4-3-5-7-14/h3-11H,1-2H3,(H,19,20). The van der Waals surface area contributed by atoms with Crippen LogP contribution in [0, 0.1) is 0 Å². The average molecular weight is 316 g/mol. The molecule has 0 aliphatic rings. The maximum atomic E-state index is 11.3. The summed E-state index contributed by atoms with van der Waals surface area (Å²) in [6, 6.07) is 14.8. The van der Waals surface area contributed by atoms with Crippen molar-refractivity contribution >= 4 is 23.7 Å². The molecule has 114 valence electrons. The summed E-state index contributed by atoms with van der Waals surface area (Å²) >= 11 is 1.46. The van der Waals surface area contributed by atoms with Gasteiger partial charge < -0.3 is 9.84 Å². The molecular weight excluding hydrogens is 300 g/mol. The number of benzene rings is 2. The molecule has 0 aliphatic carbocycles. The second-order valence-corrected chi connectivity index (χ2v) is 5.89. The highest BCUT2D eigenvalue weighted by Gasteiger charge is 2.17. The van der Waals surface area contributed by atoms with Crippen molar-refractivity contribution in [3.63, 3.8) is 0 Å². The van der Waals surface area contributed by atoms with E-state index in [4.69, 9.17) is 9.84 Å². The van der Waals surface area contributed by atoms with Crippen LogP contribution >= 0.6 is 11.8 Å². The van der Waals surface area contributed by atoms with Crippen molar-refractivity contribution in [2.24, 2.45) is 0 Å². The summed E-state index contributed by atoms with van der Waals surface area (Å²) in [4.78, 5) is 24.2. The molecule has 0 bridgehead atoms. The van der Waals surface area contributed by atoms with E-state index in [0.717, 1.165) is 9.79 Å². The number of aliphatic carboxylic acids is 1. The molecule has 4 nitrogen and oxygen atoms in total. The summed E-state index contributed by atoms with van der Waals surface area (Å²) < 4.78 is 5.24. The molecule has 0 heterocycles. The monoisotopic (exact) mass is 316 g/mol. The first-order valence-electron chi connectivity index (χ1n) is 6.75. The number of hydrogen-bond acceptors (Lipinski definition) is 4. The van der Waals surface area contributed by atoms with E-state index >= 15 is 0 Å². The van der Waals surface area contributed by atoms with Crippen molar-refractivity contribution in [2.75, 3.05) is 0 Å². The van der Waals surface area contributed by atoms with Gasteiger partial charge in [0.1, 0.15) is 5.75 Å². The van der Waals surface area contributed by atoms with Crippen LogP contribution in [0.3, 0.4) is 0 Å². The number of rotatable bonds is 5. The minimum Gasteiger partial charge on any atom is -0.481 e. The first-order valence-corrected chi connectivity index (χ1v) is 7.57. The molecule has 2 rings (SSSR count). The van der Waals surface area contributed by atoms with Crippen LogP contribution in [0.25, 0.3) is 0 Å². The van der Waals surface area contributed by atoms with E-state index in [1.165, 1.54) is 18.7 Å². The summed E-state index contributed by atoms with van der Waals surface area (Å²) in [5.74, 6) is -1.63. The van der Waals surface area contributed by atoms with Crippen LogP contribution in [-0.2, 0) is 9.59 Å². The van der Waals surface area contributed by atoms with Crippen molar-refractivity contribution in [1.82, 2.24) is 0 Å². The predicted octanol–water partition coefficient (Wildman–Crippen LogP) is 3.95. The molecule has 0 saturated heterocycles. The van der Waals surface area contributed by atoms with Crippen LogP contribution in [0.4, 0.5) is 0 Å². The third-order valence-corrected chi connectivity index (χ3v) is 4.13. The molecular formula is C17H16O4S. The first kappa shape index (κ1) is 16.1. The average Bonchev–Trinajstić information content (AvgIpc) is 2.48. The minimum atomic E-state index is -0.919. The van der Waals surface area contributed by atoms with E-state index in [2.05, 4.69) is 0 Å². The number of carboxylic acid groups (broad SMARTS) is 1. The highest BCUT2D eigenvalue weighted by Crippen LogP contribution is 2.37. The number of hydrogen-bond donors (Lipinski definition) is 1. The van der Waals surface area contributed by atoms with Crippen LogP contribution in [0.1, 0.15) is 25.3 Å². The van der Waals surface area contributed by atoms with Crippen LogP contribution in [0.15, 0.2) is 58.3 Å². The Hall–Kier alpha value is -2.27. The van der Waals surface area contributed by atoms with E-state index in [0.29, 0.717) is 11.3 Å². The van der Waals surface area contributed by atoms with E-state index < -0.39 is 17.9 Å². The van der Waals surface area contributed by atoms with Crippen molar-refractivity contribution in [3.8, 4) is 5.75 Å². The number of carbonyl (C=O) groups excluding carboxylic acids is 1. The Balaban J connectivity index is 2.36. The summed E-state index contributed by atoms with van der Waals surface area (Å²) in [5, 5.41) is 9.10. The smallest absolute Gasteiger partial charge is 0.310 e. The van der Waals surface area contributed by atoms with Crippen molar-refractivity contribution < 1.29 is 19.4 Å². The number of carboxylic acids is 1. The normalized spacial score (nSPS) is 11.7. The molecule has 1 unspecified atom stereocenters. The Labute approximate surface area is 133 Å². The van der Waals surface area contributed by atoms with Gasteiger partial charge in [0.15, 0.2) is 0 Å². The van der Waals surface area contributed by atoms with Gasteiger partial charge in [0.05, 0.1) is 10.8 Å². The van der Waals surface area contributed by atoms with Crippen LogP contribution in [0.2, 0.25) is 0 Å². The minimum absolute atomic E-state index is 0.381. The van der Waals surface area contributed by atoms with Crippen LogP contribution < -0.4 is 4.74 Å². The largest absolute Gasteiger partial charge is 0.481 e. The van der Waals surface area contributed by atoms with Gasteiger partial charge in [0, 0.05) is 11.8 Å². The van der Waals surface area contributed by atoms with Crippen molar-refractivity contribution in [1.29, 1.82) is 0 Å². The van der Waals surface area contributed by atoms with Gasteiger partial charge in [0.25, 0.3) is 0 Å². The van der Waals surface area contributed by atoms with Gasteiger partial charge in [-0.25, -0.2) is 0 Å². The molecule has 2 aromatic carbocycles. The molecule has 22 heavy (non-hydrogen) atoms. The maximum absolute atomic E-state index is 11.3. The van der Waals surface area contributed by atoms with Crippen LogP contribution in [0.5, 0.6) is 5.75 Å². The fourth-order valence-electron chi connectivity index (χ4n) is 1.87.